The van der Waals surface area contributed by atoms with E-state index in [0.29, 0.717) is 13.0 Å². The molecule has 1 N–H and O–H groups in total. The minimum Gasteiger partial charge on any atom is -0.368 e. The van der Waals surface area contributed by atoms with E-state index >= 15 is 0 Å². The van der Waals surface area contributed by atoms with Crippen LogP contribution in [0.1, 0.15) is 18.1 Å². The molecule has 0 aromatic heterocycles. The molecule has 1 fully saturated rings. The largest absolute Gasteiger partial charge is 0.368 e. The maximum absolute atomic E-state index is 13.3. The van der Waals surface area contributed by atoms with Gasteiger partial charge in [-0.25, -0.2) is 8.78 Å². The number of carbonyl (C=O) groups is 1. The zero-order valence-corrected chi connectivity index (χ0v) is 14.8. The lowest BCUT2D eigenvalue weighted by atomic mass is 10.1. The van der Waals surface area contributed by atoms with Gasteiger partial charge in [-0.15, -0.1) is 0 Å². The van der Waals surface area contributed by atoms with Crippen LogP contribution < -0.4 is 15.1 Å². The van der Waals surface area contributed by atoms with Crippen molar-refractivity contribution in [2.75, 3.05) is 36.0 Å². The van der Waals surface area contributed by atoms with E-state index in [1.54, 1.807) is 12.1 Å². The minimum atomic E-state index is -2.80. The van der Waals surface area contributed by atoms with Gasteiger partial charge in [0.15, 0.2) is 0 Å². The van der Waals surface area contributed by atoms with Crippen LogP contribution in [0.2, 0.25) is 0 Å². The normalized spacial score (nSPS) is 15.0. The van der Waals surface area contributed by atoms with Crippen molar-refractivity contribution in [1.82, 2.24) is 5.32 Å². The summed E-state index contributed by atoms with van der Waals surface area (Å²) in [7, 11) is 0. The lowest BCUT2D eigenvalue weighted by molar-refractivity contribution is -0.109. The first-order valence-electron chi connectivity index (χ1n) is 8.71. The molecule has 0 saturated carbocycles. The lowest BCUT2D eigenvalue weighted by Crippen LogP contribution is -2.46. The molecule has 1 amide bonds. The maximum Gasteiger partial charge on any atom is 0.270 e. The van der Waals surface area contributed by atoms with Gasteiger partial charge < -0.3 is 15.1 Å². The van der Waals surface area contributed by atoms with Crippen LogP contribution in [0.3, 0.4) is 0 Å². The highest BCUT2D eigenvalue weighted by Gasteiger charge is 2.24. The summed E-state index contributed by atoms with van der Waals surface area (Å²) >= 11 is 0. The average Bonchev–Trinajstić information content (AvgIpc) is 2.66. The molecule has 138 valence electrons. The van der Waals surface area contributed by atoms with Crippen LogP contribution in [-0.2, 0) is 17.3 Å². The van der Waals surface area contributed by atoms with Gasteiger partial charge in [0.25, 0.3) is 5.92 Å². The number of rotatable bonds is 6. The first-order chi connectivity index (χ1) is 12.5. The number of carbonyl (C=O) groups excluding carboxylic acids is 1. The first kappa shape index (κ1) is 18.2. The Bertz CT molecular complexity index is 718. The Labute approximate surface area is 152 Å². The van der Waals surface area contributed by atoms with Crippen molar-refractivity contribution in [2.24, 2.45) is 0 Å². The summed E-state index contributed by atoms with van der Waals surface area (Å²) in [6.45, 7) is 4.88. The van der Waals surface area contributed by atoms with Gasteiger partial charge in [-0.2, -0.15) is 0 Å². The molecule has 1 aliphatic heterocycles. The molecule has 2 aromatic rings. The van der Waals surface area contributed by atoms with Gasteiger partial charge in [-0.05, 0) is 29.8 Å². The number of anilines is 2. The molecule has 6 heteroatoms. The van der Waals surface area contributed by atoms with Crippen LogP contribution in [0, 0.1) is 0 Å². The molecule has 0 bridgehead atoms. The van der Waals surface area contributed by atoms with Gasteiger partial charge in [-0.3, -0.25) is 4.79 Å². The highest BCUT2D eigenvalue weighted by atomic mass is 19.3. The zero-order chi connectivity index (χ0) is 18.6. The van der Waals surface area contributed by atoms with E-state index in [2.05, 4.69) is 27.2 Å². The third kappa shape index (κ3) is 4.31. The summed E-state index contributed by atoms with van der Waals surface area (Å²) in [5, 5.41) is 2.65. The van der Waals surface area contributed by atoms with Crippen molar-refractivity contribution in [2.45, 2.75) is 19.4 Å². The fourth-order valence-corrected chi connectivity index (χ4v) is 3.17. The van der Waals surface area contributed by atoms with Gasteiger partial charge in [0.05, 0.1) is 0 Å². The Balaban J connectivity index is 1.58. The minimum absolute atomic E-state index is 0.0454. The fraction of sp³-hybridized carbons (Fsp3) is 0.350. The highest BCUT2D eigenvalue weighted by molar-refractivity contribution is 5.53. The molecule has 0 radical (unpaired) electrons. The molecule has 1 heterocycles. The molecule has 0 atom stereocenters. The van der Waals surface area contributed by atoms with Gasteiger partial charge in [0, 0.05) is 56.6 Å². The van der Waals surface area contributed by atoms with E-state index in [0.717, 1.165) is 50.0 Å². The molecule has 2 aromatic carbocycles. The van der Waals surface area contributed by atoms with Crippen molar-refractivity contribution in [3.05, 3.63) is 59.7 Å². The number of benzene rings is 2. The van der Waals surface area contributed by atoms with Gasteiger partial charge >= 0.3 is 0 Å². The summed E-state index contributed by atoms with van der Waals surface area (Å²) in [6, 6.07) is 14.7. The topological polar surface area (TPSA) is 35.6 Å². The molecular formula is C20H23F2N3O. The Hall–Kier alpha value is -2.63. The van der Waals surface area contributed by atoms with E-state index in [-0.39, 0.29) is 5.56 Å². The summed E-state index contributed by atoms with van der Waals surface area (Å²) in [4.78, 5) is 14.9. The maximum atomic E-state index is 13.3. The number of nitrogens with one attached hydrogen (secondary N) is 1. The second kappa shape index (κ2) is 7.72. The van der Waals surface area contributed by atoms with Crippen LogP contribution in [-0.4, -0.2) is 32.6 Å². The second-order valence-electron chi connectivity index (χ2n) is 6.57. The average molecular weight is 359 g/mol. The number of hydrogen-bond donors (Lipinski definition) is 1. The quantitative estimate of drug-likeness (QED) is 0.804. The number of hydrogen-bond acceptors (Lipinski definition) is 3. The Kier molecular flexibility index (Phi) is 5.40. The van der Waals surface area contributed by atoms with Crippen LogP contribution in [0.15, 0.2) is 48.5 Å². The molecular weight excluding hydrogens is 336 g/mol. The molecule has 0 unspecified atom stereocenters. The van der Waals surface area contributed by atoms with Crippen molar-refractivity contribution in [3.63, 3.8) is 0 Å². The van der Waals surface area contributed by atoms with Crippen LogP contribution in [0.4, 0.5) is 20.2 Å². The Morgan fingerprint density at radius 3 is 1.81 bits per heavy atom. The number of piperazine rings is 1. The first-order valence-corrected chi connectivity index (χ1v) is 8.71. The van der Waals surface area contributed by atoms with Gasteiger partial charge in [0.2, 0.25) is 6.41 Å². The molecule has 3 rings (SSSR count). The molecule has 1 saturated heterocycles. The van der Waals surface area contributed by atoms with Crippen LogP contribution in [0.25, 0.3) is 0 Å². The monoisotopic (exact) mass is 359 g/mol. The summed E-state index contributed by atoms with van der Waals surface area (Å²) in [5.74, 6) is -2.80. The lowest BCUT2D eigenvalue weighted by Gasteiger charge is -2.37. The van der Waals surface area contributed by atoms with Gasteiger partial charge in [-0.1, -0.05) is 24.3 Å². The third-order valence-electron chi connectivity index (χ3n) is 4.71. The van der Waals surface area contributed by atoms with E-state index < -0.39 is 5.92 Å². The van der Waals surface area contributed by atoms with E-state index in [9.17, 15) is 13.6 Å². The summed E-state index contributed by atoms with van der Waals surface area (Å²) < 4.78 is 26.6. The molecule has 0 aliphatic carbocycles. The smallest absolute Gasteiger partial charge is 0.270 e. The Morgan fingerprint density at radius 2 is 1.38 bits per heavy atom. The summed E-state index contributed by atoms with van der Waals surface area (Å²) in [5.41, 5.74) is 3.24. The van der Waals surface area contributed by atoms with Crippen molar-refractivity contribution in [3.8, 4) is 0 Å². The third-order valence-corrected chi connectivity index (χ3v) is 4.71. The fourth-order valence-electron chi connectivity index (χ4n) is 3.17. The number of halogens is 2. The van der Waals surface area contributed by atoms with E-state index in [1.165, 1.54) is 12.1 Å². The number of nitrogens with zero attached hydrogens (tertiary/aromatic N) is 2. The highest BCUT2D eigenvalue weighted by Crippen LogP contribution is 2.29. The number of amides is 1. The standard InChI is InChI=1S/C20H23F2N3O/c1-20(21,22)17-4-8-19(9-5-17)25-12-10-24(11-13-25)18-6-2-16(3-7-18)14-23-15-26/h2-9,15H,10-14H2,1H3,(H,23,26). The van der Waals surface area contributed by atoms with Gasteiger partial charge in [0.1, 0.15) is 0 Å². The van der Waals surface area contributed by atoms with Crippen molar-refractivity contribution >= 4 is 17.8 Å². The van der Waals surface area contributed by atoms with Crippen molar-refractivity contribution in [1.29, 1.82) is 0 Å². The van der Waals surface area contributed by atoms with Crippen molar-refractivity contribution < 1.29 is 13.6 Å². The SMILES string of the molecule is CC(F)(F)c1ccc(N2CCN(c3ccc(CNC=O)cc3)CC2)cc1. The Morgan fingerprint density at radius 1 is 0.923 bits per heavy atom. The number of alkyl halides is 2. The molecule has 0 spiro atoms. The summed E-state index contributed by atoms with van der Waals surface area (Å²) in [6.07, 6.45) is 0.696. The molecule has 26 heavy (non-hydrogen) atoms. The predicted octanol–water partition coefficient (Wildman–Crippen LogP) is 3.37. The molecule has 4 nitrogen and oxygen atoms in total. The molecule has 1 aliphatic rings. The zero-order valence-electron chi connectivity index (χ0n) is 14.8. The van der Waals surface area contributed by atoms with E-state index in [4.69, 9.17) is 0 Å². The van der Waals surface area contributed by atoms with Crippen LogP contribution in [0.5, 0.6) is 0 Å². The predicted molar refractivity (Wildman–Crippen MR) is 99.8 cm³/mol. The van der Waals surface area contributed by atoms with Crippen LogP contribution >= 0.6 is 0 Å². The second-order valence-corrected chi connectivity index (χ2v) is 6.57. The van der Waals surface area contributed by atoms with E-state index in [1.807, 2.05) is 12.1 Å².